The Morgan fingerprint density at radius 1 is 1.27 bits per heavy atom. The van der Waals surface area contributed by atoms with Crippen LogP contribution < -0.4 is 5.32 Å². The van der Waals surface area contributed by atoms with Gasteiger partial charge in [0.25, 0.3) is 5.91 Å². The first-order valence-electron chi connectivity index (χ1n) is 6.30. The normalized spacial score (nSPS) is 10.6. The number of nitrogens with one attached hydrogen (secondary N) is 1. The lowest BCUT2D eigenvalue weighted by Gasteiger charge is -2.05. The SMILES string of the molecule is Cn1cnnc1Sc1ccc(NC(=O)c2ccc(Br)s2)cc1. The summed E-state index contributed by atoms with van der Waals surface area (Å²) >= 11 is 6.28. The second-order valence-corrected chi connectivity index (χ2v) is 7.91. The first-order valence-corrected chi connectivity index (χ1v) is 8.73. The third-order valence-corrected chi connectivity index (χ3v) is 5.47. The van der Waals surface area contributed by atoms with Gasteiger partial charge in [0.1, 0.15) is 6.33 Å². The Morgan fingerprint density at radius 3 is 2.64 bits per heavy atom. The molecular weight excluding hydrogens is 384 g/mol. The third kappa shape index (κ3) is 3.57. The van der Waals surface area contributed by atoms with E-state index in [4.69, 9.17) is 0 Å². The summed E-state index contributed by atoms with van der Waals surface area (Å²) in [5, 5.41) is 11.6. The van der Waals surface area contributed by atoms with Crippen LogP contribution in [0.4, 0.5) is 5.69 Å². The minimum absolute atomic E-state index is 0.107. The predicted molar refractivity (Wildman–Crippen MR) is 91.5 cm³/mol. The standard InChI is InChI=1S/C14H11BrN4OS2/c1-19-8-16-18-14(19)21-10-4-2-9(3-5-10)17-13(20)11-6-7-12(15)22-11/h2-8H,1H3,(H,17,20). The predicted octanol–water partition coefficient (Wildman–Crippen LogP) is 4.04. The molecule has 0 radical (unpaired) electrons. The highest BCUT2D eigenvalue weighted by atomic mass is 79.9. The second kappa shape index (κ2) is 6.64. The zero-order chi connectivity index (χ0) is 15.5. The molecular formula is C14H11BrN4OS2. The van der Waals surface area contributed by atoms with Crippen LogP contribution in [0.2, 0.25) is 0 Å². The van der Waals surface area contributed by atoms with E-state index in [9.17, 15) is 4.79 Å². The summed E-state index contributed by atoms with van der Waals surface area (Å²) in [5.74, 6) is -0.107. The minimum Gasteiger partial charge on any atom is -0.321 e. The van der Waals surface area contributed by atoms with Gasteiger partial charge < -0.3 is 9.88 Å². The van der Waals surface area contributed by atoms with E-state index in [0.29, 0.717) is 4.88 Å². The fourth-order valence-corrected chi connectivity index (χ4v) is 3.75. The van der Waals surface area contributed by atoms with Gasteiger partial charge in [0, 0.05) is 17.6 Å². The lowest BCUT2D eigenvalue weighted by atomic mass is 10.3. The smallest absolute Gasteiger partial charge is 0.265 e. The molecule has 22 heavy (non-hydrogen) atoms. The molecule has 1 amide bonds. The summed E-state index contributed by atoms with van der Waals surface area (Å²) in [6.07, 6.45) is 1.66. The zero-order valence-corrected chi connectivity index (χ0v) is 14.7. The minimum atomic E-state index is -0.107. The Labute approximate surface area is 143 Å². The topological polar surface area (TPSA) is 59.8 Å². The summed E-state index contributed by atoms with van der Waals surface area (Å²) in [7, 11) is 1.90. The molecule has 1 aromatic carbocycles. The number of carbonyl (C=O) groups excluding carboxylic acids is 1. The Bertz CT molecular complexity index is 797. The van der Waals surface area contributed by atoms with E-state index in [1.807, 2.05) is 41.9 Å². The van der Waals surface area contributed by atoms with Crippen molar-refractivity contribution in [1.82, 2.24) is 14.8 Å². The van der Waals surface area contributed by atoms with Crippen molar-refractivity contribution < 1.29 is 4.79 Å². The molecule has 0 bridgehead atoms. The van der Waals surface area contributed by atoms with Gasteiger partial charge in [-0.05, 0) is 64.1 Å². The number of benzene rings is 1. The van der Waals surface area contributed by atoms with Crippen LogP contribution in [0.3, 0.4) is 0 Å². The van der Waals surface area contributed by atoms with Gasteiger partial charge in [-0.1, -0.05) is 0 Å². The molecule has 0 fully saturated rings. The van der Waals surface area contributed by atoms with Crippen molar-refractivity contribution in [3.63, 3.8) is 0 Å². The number of hydrogen-bond donors (Lipinski definition) is 1. The van der Waals surface area contributed by atoms with Gasteiger partial charge in [-0.2, -0.15) is 0 Å². The van der Waals surface area contributed by atoms with E-state index in [1.165, 1.54) is 23.1 Å². The Balaban J connectivity index is 1.66. The molecule has 0 saturated carbocycles. The maximum atomic E-state index is 12.1. The fourth-order valence-electron chi connectivity index (χ4n) is 1.71. The molecule has 3 rings (SSSR count). The first-order chi connectivity index (χ1) is 10.6. The van der Waals surface area contributed by atoms with Gasteiger partial charge in [0.15, 0.2) is 5.16 Å². The molecule has 3 aromatic rings. The second-order valence-electron chi connectivity index (χ2n) is 4.41. The summed E-state index contributed by atoms with van der Waals surface area (Å²) < 4.78 is 2.79. The number of amides is 1. The molecule has 0 aliphatic rings. The first kappa shape index (κ1) is 15.3. The maximum Gasteiger partial charge on any atom is 0.265 e. The Kier molecular flexibility index (Phi) is 4.60. The molecule has 1 N–H and O–H groups in total. The van der Waals surface area contributed by atoms with E-state index < -0.39 is 0 Å². The zero-order valence-electron chi connectivity index (χ0n) is 11.5. The molecule has 0 aliphatic heterocycles. The van der Waals surface area contributed by atoms with Crippen molar-refractivity contribution in [3.8, 4) is 0 Å². The monoisotopic (exact) mass is 394 g/mol. The average Bonchev–Trinajstić information content (AvgIpc) is 3.10. The van der Waals surface area contributed by atoms with Crippen LogP contribution in [0.25, 0.3) is 0 Å². The molecule has 5 nitrogen and oxygen atoms in total. The van der Waals surface area contributed by atoms with Gasteiger partial charge in [-0.25, -0.2) is 0 Å². The highest BCUT2D eigenvalue weighted by Crippen LogP contribution is 2.27. The van der Waals surface area contributed by atoms with E-state index in [0.717, 1.165) is 19.5 Å². The molecule has 0 atom stereocenters. The number of carbonyl (C=O) groups is 1. The molecule has 0 spiro atoms. The molecule has 2 aromatic heterocycles. The number of hydrogen-bond acceptors (Lipinski definition) is 5. The van der Waals surface area contributed by atoms with Crippen LogP contribution in [0.15, 0.2) is 56.6 Å². The summed E-state index contributed by atoms with van der Waals surface area (Å²) in [5.41, 5.74) is 0.761. The van der Waals surface area contributed by atoms with Gasteiger partial charge in [-0.15, -0.1) is 21.5 Å². The summed E-state index contributed by atoms with van der Waals surface area (Å²) in [6, 6.07) is 11.3. The Hall–Kier alpha value is -1.64. The summed E-state index contributed by atoms with van der Waals surface area (Å²) in [6.45, 7) is 0. The number of aryl methyl sites for hydroxylation is 1. The van der Waals surface area contributed by atoms with Crippen molar-refractivity contribution in [2.75, 3.05) is 5.32 Å². The molecule has 8 heteroatoms. The number of halogens is 1. The van der Waals surface area contributed by atoms with Gasteiger partial charge >= 0.3 is 0 Å². The number of nitrogens with zero attached hydrogens (tertiary/aromatic N) is 3. The number of anilines is 1. The lowest BCUT2D eigenvalue weighted by Crippen LogP contribution is -2.09. The molecule has 0 unspecified atom stereocenters. The van der Waals surface area contributed by atoms with Crippen molar-refractivity contribution in [3.05, 3.63) is 51.4 Å². The molecule has 2 heterocycles. The van der Waals surface area contributed by atoms with Gasteiger partial charge in [0.2, 0.25) is 0 Å². The Morgan fingerprint density at radius 2 is 2.05 bits per heavy atom. The van der Waals surface area contributed by atoms with Crippen molar-refractivity contribution in [2.45, 2.75) is 10.1 Å². The third-order valence-electron chi connectivity index (χ3n) is 2.79. The van der Waals surface area contributed by atoms with Crippen LogP contribution >= 0.6 is 39.0 Å². The van der Waals surface area contributed by atoms with Crippen LogP contribution in [0.1, 0.15) is 9.67 Å². The molecule has 0 aliphatic carbocycles. The highest BCUT2D eigenvalue weighted by Gasteiger charge is 2.09. The highest BCUT2D eigenvalue weighted by molar-refractivity contribution is 9.11. The fraction of sp³-hybridized carbons (Fsp3) is 0.0714. The maximum absolute atomic E-state index is 12.1. The van der Waals surface area contributed by atoms with Crippen molar-refractivity contribution in [1.29, 1.82) is 0 Å². The van der Waals surface area contributed by atoms with Crippen LogP contribution in [-0.4, -0.2) is 20.7 Å². The van der Waals surface area contributed by atoms with E-state index >= 15 is 0 Å². The number of rotatable bonds is 4. The number of aromatic nitrogens is 3. The van der Waals surface area contributed by atoms with Gasteiger partial charge in [-0.3, -0.25) is 4.79 Å². The van der Waals surface area contributed by atoms with Gasteiger partial charge in [0.05, 0.1) is 8.66 Å². The van der Waals surface area contributed by atoms with E-state index in [-0.39, 0.29) is 5.91 Å². The van der Waals surface area contributed by atoms with Crippen LogP contribution in [-0.2, 0) is 7.05 Å². The van der Waals surface area contributed by atoms with E-state index in [1.54, 1.807) is 12.4 Å². The van der Waals surface area contributed by atoms with E-state index in [2.05, 4.69) is 31.4 Å². The number of thiophene rings is 1. The van der Waals surface area contributed by atoms with Crippen LogP contribution in [0, 0.1) is 0 Å². The average molecular weight is 395 g/mol. The van der Waals surface area contributed by atoms with Crippen molar-refractivity contribution in [2.24, 2.45) is 7.05 Å². The van der Waals surface area contributed by atoms with Crippen molar-refractivity contribution >= 4 is 50.6 Å². The lowest BCUT2D eigenvalue weighted by molar-refractivity contribution is 0.103. The van der Waals surface area contributed by atoms with Crippen LogP contribution in [0.5, 0.6) is 0 Å². The quantitative estimate of drug-likeness (QED) is 0.724. The molecule has 0 saturated heterocycles. The summed E-state index contributed by atoms with van der Waals surface area (Å²) in [4.78, 5) is 13.8. The largest absolute Gasteiger partial charge is 0.321 e. The molecule has 112 valence electrons.